The van der Waals surface area contributed by atoms with E-state index in [1.807, 2.05) is 30.3 Å². The molecule has 0 bridgehead atoms. The van der Waals surface area contributed by atoms with Crippen LogP contribution in [0.1, 0.15) is 35.6 Å². The summed E-state index contributed by atoms with van der Waals surface area (Å²) < 4.78 is 10.9. The number of amides is 1. The van der Waals surface area contributed by atoms with Crippen LogP contribution in [0, 0.1) is 6.92 Å². The molecule has 0 saturated carbocycles. The second-order valence-electron chi connectivity index (χ2n) is 6.94. The van der Waals surface area contributed by atoms with E-state index < -0.39 is 0 Å². The Kier molecular flexibility index (Phi) is 6.35. The molecule has 1 N–H and O–H groups in total. The van der Waals surface area contributed by atoms with Crippen molar-refractivity contribution in [3.8, 4) is 11.5 Å². The van der Waals surface area contributed by atoms with E-state index in [9.17, 15) is 4.79 Å². The van der Waals surface area contributed by atoms with Gasteiger partial charge in [0.15, 0.2) is 0 Å². The lowest BCUT2D eigenvalue weighted by atomic mass is 10.0. The molecule has 5 heteroatoms. The molecular formula is C22H28N2O3. The van der Waals surface area contributed by atoms with E-state index in [2.05, 4.69) is 29.3 Å². The molecule has 1 atom stereocenters. The molecule has 2 aromatic rings. The van der Waals surface area contributed by atoms with Crippen LogP contribution < -0.4 is 14.8 Å². The number of carbonyl (C=O) groups is 1. The lowest BCUT2D eigenvalue weighted by Gasteiger charge is -2.26. The van der Waals surface area contributed by atoms with Crippen LogP contribution in [-0.2, 0) is 11.3 Å². The topological polar surface area (TPSA) is 50.8 Å². The summed E-state index contributed by atoms with van der Waals surface area (Å²) in [5.41, 5.74) is 3.46. The van der Waals surface area contributed by atoms with E-state index in [0.29, 0.717) is 13.1 Å². The Labute approximate surface area is 161 Å². The first-order valence-electron chi connectivity index (χ1n) is 9.39. The number of likely N-dealkylation sites (tertiary alicyclic amines) is 1. The van der Waals surface area contributed by atoms with E-state index >= 15 is 0 Å². The molecule has 0 aromatic heterocycles. The molecule has 1 amide bonds. The summed E-state index contributed by atoms with van der Waals surface area (Å²) in [6.45, 7) is 3.94. The maximum absolute atomic E-state index is 12.5. The van der Waals surface area contributed by atoms with Gasteiger partial charge in [0.25, 0.3) is 0 Å². The van der Waals surface area contributed by atoms with E-state index in [1.165, 1.54) is 5.56 Å². The normalized spacial score (nSPS) is 16.9. The third kappa shape index (κ3) is 4.61. The maximum Gasteiger partial charge on any atom is 0.234 e. The Morgan fingerprint density at radius 1 is 1.19 bits per heavy atom. The largest absolute Gasteiger partial charge is 0.497 e. The fraction of sp³-hybridized carbons (Fsp3) is 0.409. The number of nitrogens with one attached hydrogen (secondary N) is 1. The Morgan fingerprint density at radius 3 is 2.74 bits per heavy atom. The molecule has 1 unspecified atom stereocenters. The van der Waals surface area contributed by atoms with Crippen LogP contribution in [0.25, 0.3) is 0 Å². The van der Waals surface area contributed by atoms with Gasteiger partial charge in [0.1, 0.15) is 11.5 Å². The third-order valence-electron chi connectivity index (χ3n) is 5.25. The van der Waals surface area contributed by atoms with Gasteiger partial charge in [-0.2, -0.15) is 0 Å². The Morgan fingerprint density at radius 2 is 2.00 bits per heavy atom. The zero-order valence-electron chi connectivity index (χ0n) is 16.3. The highest BCUT2D eigenvalue weighted by Crippen LogP contribution is 2.38. The van der Waals surface area contributed by atoms with Crippen molar-refractivity contribution in [3.63, 3.8) is 0 Å². The van der Waals surface area contributed by atoms with E-state index in [4.69, 9.17) is 9.47 Å². The summed E-state index contributed by atoms with van der Waals surface area (Å²) in [5.74, 6) is 1.64. The Bertz CT molecular complexity index is 791. The molecule has 1 heterocycles. The van der Waals surface area contributed by atoms with Gasteiger partial charge in [0.05, 0.1) is 20.8 Å². The van der Waals surface area contributed by atoms with Gasteiger partial charge < -0.3 is 14.8 Å². The molecule has 1 aliphatic heterocycles. The molecular weight excluding hydrogens is 340 g/mol. The molecule has 27 heavy (non-hydrogen) atoms. The van der Waals surface area contributed by atoms with Crippen molar-refractivity contribution >= 4 is 5.91 Å². The van der Waals surface area contributed by atoms with Crippen LogP contribution in [0.15, 0.2) is 42.5 Å². The lowest BCUT2D eigenvalue weighted by Crippen LogP contribution is -2.36. The second kappa shape index (κ2) is 8.91. The maximum atomic E-state index is 12.5. The van der Waals surface area contributed by atoms with Crippen LogP contribution >= 0.6 is 0 Å². The highest BCUT2D eigenvalue weighted by Gasteiger charge is 2.29. The number of benzene rings is 2. The standard InChI is InChI=1S/C22H28N2O3/c1-16-7-4-5-8-17(16)14-23-22(25)15-24-12-6-9-20(24)19-11-10-18(26-2)13-21(19)27-3/h4-5,7-8,10-11,13,20H,6,9,12,14-15H2,1-3H3,(H,23,25). The average Bonchev–Trinajstić information content (AvgIpc) is 3.14. The Balaban J connectivity index is 1.64. The summed E-state index contributed by atoms with van der Waals surface area (Å²) >= 11 is 0. The summed E-state index contributed by atoms with van der Waals surface area (Å²) in [5, 5.41) is 3.05. The number of hydrogen-bond acceptors (Lipinski definition) is 4. The van der Waals surface area contributed by atoms with Crippen molar-refractivity contribution < 1.29 is 14.3 Å². The average molecular weight is 368 g/mol. The minimum atomic E-state index is 0.0534. The van der Waals surface area contributed by atoms with Gasteiger partial charge in [-0.25, -0.2) is 0 Å². The molecule has 0 radical (unpaired) electrons. The Hall–Kier alpha value is -2.53. The van der Waals surface area contributed by atoms with Gasteiger partial charge in [-0.1, -0.05) is 30.3 Å². The van der Waals surface area contributed by atoms with Crippen molar-refractivity contribution in [1.29, 1.82) is 0 Å². The summed E-state index contributed by atoms with van der Waals surface area (Å²) in [6, 6.07) is 14.2. The molecule has 2 aromatic carbocycles. The highest BCUT2D eigenvalue weighted by molar-refractivity contribution is 5.78. The third-order valence-corrected chi connectivity index (χ3v) is 5.25. The molecule has 0 aliphatic carbocycles. The van der Waals surface area contributed by atoms with Crippen LogP contribution in [0.3, 0.4) is 0 Å². The van der Waals surface area contributed by atoms with Crippen molar-refractivity contribution in [3.05, 3.63) is 59.2 Å². The second-order valence-corrected chi connectivity index (χ2v) is 6.94. The monoisotopic (exact) mass is 368 g/mol. The van der Waals surface area contributed by atoms with Crippen molar-refractivity contribution in [2.45, 2.75) is 32.4 Å². The number of carbonyl (C=O) groups excluding carboxylic acids is 1. The minimum absolute atomic E-state index is 0.0534. The lowest BCUT2D eigenvalue weighted by molar-refractivity contribution is -0.122. The summed E-state index contributed by atoms with van der Waals surface area (Å²) in [7, 11) is 3.32. The van der Waals surface area contributed by atoms with Crippen molar-refractivity contribution in [2.24, 2.45) is 0 Å². The van der Waals surface area contributed by atoms with Gasteiger partial charge in [-0.15, -0.1) is 0 Å². The number of aryl methyl sites for hydroxylation is 1. The van der Waals surface area contributed by atoms with Crippen LogP contribution in [0.4, 0.5) is 0 Å². The summed E-state index contributed by atoms with van der Waals surface area (Å²) in [6.07, 6.45) is 2.10. The fourth-order valence-corrected chi connectivity index (χ4v) is 3.70. The van der Waals surface area contributed by atoms with Crippen LogP contribution in [-0.4, -0.2) is 38.1 Å². The molecule has 5 nitrogen and oxygen atoms in total. The summed E-state index contributed by atoms with van der Waals surface area (Å²) in [4.78, 5) is 14.7. The fourth-order valence-electron chi connectivity index (χ4n) is 3.70. The van der Waals surface area contributed by atoms with Crippen LogP contribution in [0.5, 0.6) is 11.5 Å². The van der Waals surface area contributed by atoms with Gasteiger partial charge in [-0.3, -0.25) is 9.69 Å². The molecule has 1 fully saturated rings. The van der Waals surface area contributed by atoms with Crippen molar-refractivity contribution in [2.75, 3.05) is 27.3 Å². The first-order chi connectivity index (χ1) is 13.1. The van der Waals surface area contributed by atoms with E-state index in [-0.39, 0.29) is 11.9 Å². The van der Waals surface area contributed by atoms with E-state index in [1.54, 1.807) is 14.2 Å². The molecule has 0 spiro atoms. The van der Waals surface area contributed by atoms with E-state index in [0.717, 1.165) is 42.0 Å². The van der Waals surface area contributed by atoms with Gasteiger partial charge in [0.2, 0.25) is 5.91 Å². The molecule has 1 aliphatic rings. The van der Waals surface area contributed by atoms with Crippen molar-refractivity contribution in [1.82, 2.24) is 10.2 Å². The highest BCUT2D eigenvalue weighted by atomic mass is 16.5. The number of ether oxygens (including phenoxy) is 2. The van der Waals surface area contributed by atoms with Gasteiger partial charge in [0, 0.05) is 24.2 Å². The smallest absolute Gasteiger partial charge is 0.234 e. The number of methoxy groups -OCH3 is 2. The predicted molar refractivity (Wildman–Crippen MR) is 106 cm³/mol. The quantitative estimate of drug-likeness (QED) is 0.813. The SMILES string of the molecule is COc1ccc(C2CCCN2CC(=O)NCc2ccccc2C)c(OC)c1. The number of nitrogens with zero attached hydrogens (tertiary/aromatic N) is 1. The number of rotatable bonds is 7. The first-order valence-corrected chi connectivity index (χ1v) is 9.39. The zero-order chi connectivity index (χ0) is 19.2. The van der Waals surface area contributed by atoms with Gasteiger partial charge in [-0.05, 0) is 43.5 Å². The molecule has 1 saturated heterocycles. The predicted octanol–water partition coefficient (Wildman–Crippen LogP) is 3.47. The number of hydrogen-bond donors (Lipinski definition) is 1. The molecule has 144 valence electrons. The van der Waals surface area contributed by atoms with Gasteiger partial charge >= 0.3 is 0 Å². The zero-order valence-corrected chi connectivity index (χ0v) is 16.3. The molecule has 3 rings (SSSR count). The van der Waals surface area contributed by atoms with Crippen LogP contribution in [0.2, 0.25) is 0 Å². The minimum Gasteiger partial charge on any atom is -0.497 e. The first kappa shape index (κ1) is 19.2.